The molecule has 1 saturated heterocycles. The van der Waals surface area contributed by atoms with Crippen LogP contribution in [0.1, 0.15) is 20.3 Å². The minimum atomic E-state index is -1.57. The van der Waals surface area contributed by atoms with E-state index in [1.807, 2.05) is 0 Å². The first kappa shape index (κ1) is 8.99. The Morgan fingerprint density at radius 3 is 1.83 bits per heavy atom. The van der Waals surface area contributed by atoms with Gasteiger partial charge in [-0.25, -0.2) is 0 Å². The van der Waals surface area contributed by atoms with Crippen LogP contribution in [0.3, 0.4) is 0 Å². The molecule has 4 N–H and O–H groups in total. The maximum Gasteiger partial charge on any atom is 0.262 e. The smallest absolute Gasteiger partial charge is 0.262 e. The van der Waals surface area contributed by atoms with Crippen LogP contribution in [0.5, 0.6) is 0 Å². The Bertz CT molecular complexity index is 237. The van der Waals surface area contributed by atoms with Gasteiger partial charge in [0.05, 0.1) is 0 Å². The van der Waals surface area contributed by atoms with Crippen molar-refractivity contribution in [1.82, 2.24) is 0 Å². The van der Waals surface area contributed by atoms with Crippen molar-refractivity contribution < 1.29 is 14.3 Å². The molecule has 1 heterocycles. The van der Waals surface area contributed by atoms with Gasteiger partial charge in [-0.1, -0.05) is 6.92 Å². The van der Waals surface area contributed by atoms with E-state index >= 15 is 0 Å². The Hall–Kier alpha value is -1.10. The van der Waals surface area contributed by atoms with Crippen LogP contribution < -0.4 is 11.5 Å². The summed E-state index contributed by atoms with van der Waals surface area (Å²) in [6.07, 6.45) is 0.527. The van der Waals surface area contributed by atoms with Crippen molar-refractivity contribution >= 4 is 11.8 Å². The molecule has 0 saturated carbocycles. The van der Waals surface area contributed by atoms with Gasteiger partial charge >= 0.3 is 0 Å². The van der Waals surface area contributed by atoms with E-state index in [1.165, 1.54) is 0 Å². The summed E-state index contributed by atoms with van der Waals surface area (Å²) in [6.45, 7) is 3.44. The molecule has 1 fully saturated rings. The molecule has 5 nitrogen and oxygen atoms in total. The van der Waals surface area contributed by atoms with Gasteiger partial charge in [-0.3, -0.25) is 9.59 Å². The molecule has 0 aliphatic carbocycles. The summed E-state index contributed by atoms with van der Waals surface area (Å²) in [6, 6.07) is 0. The molecule has 5 heteroatoms. The fraction of sp³-hybridized carbons (Fsp3) is 0.714. The van der Waals surface area contributed by atoms with Gasteiger partial charge in [0.2, 0.25) is 0 Å². The Morgan fingerprint density at radius 2 is 1.75 bits per heavy atom. The molecule has 0 aromatic carbocycles. The van der Waals surface area contributed by atoms with Gasteiger partial charge < -0.3 is 16.2 Å². The second-order valence-corrected chi connectivity index (χ2v) is 3.10. The van der Waals surface area contributed by atoms with E-state index in [-0.39, 0.29) is 0 Å². The van der Waals surface area contributed by atoms with Crippen LogP contribution in [-0.2, 0) is 14.3 Å². The number of ether oxygens (including phenoxy) is 1. The quantitative estimate of drug-likeness (QED) is 0.417. The van der Waals surface area contributed by atoms with E-state index < -0.39 is 23.0 Å². The summed E-state index contributed by atoms with van der Waals surface area (Å²) < 4.78 is 5.02. The summed E-state index contributed by atoms with van der Waals surface area (Å²) >= 11 is 0. The number of carbonyl (C=O) groups excluding carboxylic acids is 2. The van der Waals surface area contributed by atoms with Crippen LogP contribution >= 0.6 is 0 Å². The number of rotatable bonds is 3. The normalized spacial score (nSPS) is 31.2. The lowest BCUT2D eigenvalue weighted by molar-refractivity contribution is -0.133. The number of amides is 2. The molecule has 12 heavy (non-hydrogen) atoms. The predicted molar refractivity (Wildman–Crippen MR) is 40.9 cm³/mol. The topological polar surface area (TPSA) is 98.7 Å². The van der Waals surface area contributed by atoms with E-state index in [9.17, 15) is 9.59 Å². The summed E-state index contributed by atoms with van der Waals surface area (Å²) in [7, 11) is 0. The molecule has 1 rings (SSSR count). The van der Waals surface area contributed by atoms with E-state index in [2.05, 4.69) is 0 Å². The van der Waals surface area contributed by atoms with Crippen molar-refractivity contribution in [2.24, 2.45) is 11.5 Å². The van der Waals surface area contributed by atoms with E-state index in [0.29, 0.717) is 6.42 Å². The average Bonchev–Trinajstić information content (AvgIpc) is 2.59. The molecule has 0 radical (unpaired) electrons. The maximum absolute atomic E-state index is 10.9. The number of primary amides is 2. The second-order valence-electron chi connectivity index (χ2n) is 3.10. The Balaban J connectivity index is 2.97. The zero-order chi connectivity index (χ0) is 9.57. The molecule has 0 bridgehead atoms. The van der Waals surface area contributed by atoms with Gasteiger partial charge in [0.15, 0.2) is 0 Å². The standard InChI is InChI=1S/C7H12N2O3/c1-3-6(2)7(12-6,4(8)10)5(9)11/h3H2,1-2H3,(H2,8,10)(H2,9,11). The lowest BCUT2D eigenvalue weighted by Gasteiger charge is -2.07. The Kier molecular flexibility index (Phi) is 1.64. The number of epoxide rings is 1. The minimum absolute atomic E-state index is 0.527. The molecule has 2 amide bonds. The molecular weight excluding hydrogens is 160 g/mol. The molecular formula is C7H12N2O3. The van der Waals surface area contributed by atoms with Gasteiger partial charge in [-0.05, 0) is 13.3 Å². The lowest BCUT2D eigenvalue weighted by Crippen LogP contribution is -2.48. The highest BCUT2D eigenvalue weighted by Gasteiger charge is 2.74. The molecule has 1 aliphatic rings. The largest absolute Gasteiger partial charge is 0.367 e. The van der Waals surface area contributed by atoms with Crippen molar-refractivity contribution in [2.75, 3.05) is 0 Å². The van der Waals surface area contributed by atoms with Crippen molar-refractivity contribution in [2.45, 2.75) is 31.5 Å². The van der Waals surface area contributed by atoms with Crippen LogP contribution in [0.4, 0.5) is 0 Å². The van der Waals surface area contributed by atoms with Crippen LogP contribution in [0, 0.1) is 0 Å². The van der Waals surface area contributed by atoms with E-state index in [1.54, 1.807) is 13.8 Å². The van der Waals surface area contributed by atoms with E-state index in [0.717, 1.165) is 0 Å². The number of carbonyl (C=O) groups is 2. The van der Waals surface area contributed by atoms with Crippen LogP contribution in [0.2, 0.25) is 0 Å². The zero-order valence-corrected chi connectivity index (χ0v) is 7.09. The number of hydrogen-bond donors (Lipinski definition) is 2. The third-order valence-electron chi connectivity index (χ3n) is 2.45. The molecule has 0 aromatic heterocycles. The summed E-state index contributed by atoms with van der Waals surface area (Å²) in [4.78, 5) is 21.8. The van der Waals surface area contributed by atoms with Crippen LogP contribution in [-0.4, -0.2) is 23.0 Å². The molecule has 68 valence electrons. The third-order valence-corrected chi connectivity index (χ3v) is 2.45. The summed E-state index contributed by atoms with van der Waals surface area (Å²) in [5, 5.41) is 0. The highest BCUT2D eigenvalue weighted by molar-refractivity contribution is 6.11. The summed E-state index contributed by atoms with van der Waals surface area (Å²) in [5.74, 6) is -1.61. The number of hydrogen-bond acceptors (Lipinski definition) is 3. The number of nitrogens with two attached hydrogens (primary N) is 2. The van der Waals surface area contributed by atoms with Gasteiger partial charge in [0.25, 0.3) is 17.4 Å². The zero-order valence-electron chi connectivity index (χ0n) is 7.09. The van der Waals surface area contributed by atoms with Gasteiger partial charge in [0, 0.05) is 0 Å². The first-order valence-electron chi connectivity index (χ1n) is 3.70. The molecule has 1 atom stereocenters. The fourth-order valence-corrected chi connectivity index (χ4v) is 1.38. The highest BCUT2D eigenvalue weighted by atomic mass is 16.6. The van der Waals surface area contributed by atoms with Gasteiger partial charge in [0.1, 0.15) is 5.60 Å². The fourth-order valence-electron chi connectivity index (χ4n) is 1.38. The van der Waals surface area contributed by atoms with Crippen molar-refractivity contribution in [3.05, 3.63) is 0 Å². The van der Waals surface area contributed by atoms with Gasteiger partial charge in [-0.2, -0.15) is 0 Å². The van der Waals surface area contributed by atoms with Crippen LogP contribution in [0.25, 0.3) is 0 Å². The molecule has 0 spiro atoms. The first-order chi connectivity index (χ1) is 5.40. The maximum atomic E-state index is 10.9. The Morgan fingerprint density at radius 1 is 1.33 bits per heavy atom. The third kappa shape index (κ3) is 0.768. The van der Waals surface area contributed by atoms with Crippen molar-refractivity contribution in [3.8, 4) is 0 Å². The van der Waals surface area contributed by atoms with Crippen molar-refractivity contribution in [3.63, 3.8) is 0 Å². The van der Waals surface area contributed by atoms with E-state index in [4.69, 9.17) is 16.2 Å². The molecule has 0 aromatic rings. The minimum Gasteiger partial charge on any atom is -0.367 e. The highest BCUT2D eigenvalue weighted by Crippen LogP contribution is 2.49. The van der Waals surface area contributed by atoms with Crippen molar-refractivity contribution in [1.29, 1.82) is 0 Å². The molecule has 1 unspecified atom stereocenters. The average molecular weight is 172 g/mol. The van der Waals surface area contributed by atoms with Gasteiger partial charge in [-0.15, -0.1) is 0 Å². The Labute approximate surface area is 70.0 Å². The summed E-state index contributed by atoms with van der Waals surface area (Å²) in [5.41, 5.74) is 7.67. The predicted octanol–water partition coefficient (Wildman–Crippen LogP) is -1.11. The van der Waals surface area contributed by atoms with Crippen LogP contribution in [0.15, 0.2) is 0 Å². The lowest BCUT2D eigenvalue weighted by atomic mass is 9.91. The second kappa shape index (κ2) is 2.20. The molecule has 1 aliphatic heterocycles. The monoisotopic (exact) mass is 172 g/mol. The SMILES string of the molecule is CCC1(C)OC1(C(N)=O)C(N)=O. The first-order valence-corrected chi connectivity index (χ1v) is 3.70.